The molecule has 0 aliphatic heterocycles. The van der Waals surface area contributed by atoms with E-state index in [1.54, 1.807) is 12.1 Å². The lowest BCUT2D eigenvalue weighted by atomic mass is 9.98. The number of hydrogen-bond donors (Lipinski definition) is 3. The number of carbonyl (C=O) groups is 1. The fourth-order valence-corrected chi connectivity index (χ4v) is 2.56. The van der Waals surface area contributed by atoms with E-state index in [1.165, 1.54) is 18.9 Å². The molecule has 0 aromatic carbocycles. The SMILES string of the molecule is NCC(NC(=O)c1cccc(=O)[nH]1)C1CCCC1. The van der Waals surface area contributed by atoms with Gasteiger partial charge in [-0.3, -0.25) is 9.59 Å². The summed E-state index contributed by atoms with van der Waals surface area (Å²) in [6.07, 6.45) is 4.65. The van der Waals surface area contributed by atoms with Crippen molar-refractivity contribution in [2.45, 2.75) is 31.7 Å². The number of hydrogen-bond acceptors (Lipinski definition) is 3. The third kappa shape index (κ3) is 2.98. The number of amides is 1. The normalized spacial score (nSPS) is 17.6. The van der Waals surface area contributed by atoms with Gasteiger partial charge in [0.15, 0.2) is 0 Å². The Morgan fingerprint density at radius 3 is 2.78 bits per heavy atom. The smallest absolute Gasteiger partial charge is 0.268 e. The third-order valence-corrected chi connectivity index (χ3v) is 3.55. The molecule has 98 valence electrons. The molecule has 18 heavy (non-hydrogen) atoms. The van der Waals surface area contributed by atoms with Crippen molar-refractivity contribution in [3.8, 4) is 0 Å². The lowest BCUT2D eigenvalue weighted by Crippen LogP contribution is -2.45. The van der Waals surface area contributed by atoms with Crippen LogP contribution in [0, 0.1) is 5.92 Å². The minimum Gasteiger partial charge on any atom is -0.346 e. The second-order valence-electron chi connectivity index (χ2n) is 4.79. The van der Waals surface area contributed by atoms with Crippen molar-refractivity contribution in [2.24, 2.45) is 11.7 Å². The van der Waals surface area contributed by atoms with Gasteiger partial charge in [-0.05, 0) is 24.8 Å². The molecule has 0 radical (unpaired) electrons. The molecule has 1 fully saturated rings. The largest absolute Gasteiger partial charge is 0.346 e. The Bertz CT molecular complexity index is 463. The van der Waals surface area contributed by atoms with E-state index >= 15 is 0 Å². The monoisotopic (exact) mass is 249 g/mol. The number of aromatic nitrogens is 1. The van der Waals surface area contributed by atoms with E-state index in [0.717, 1.165) is 12.8 Å². The maximum absolute atomic E-state index is 12.0. The molecule has 4 N–H and O–H groups in total. The molecule has 1 heterocycles. The molecule has 1 atom stereocenters. The van der Waals surface area contributed by atoms with Crippen LogP contribution >= 0.6 is 0 Å². The summed E-state index contributed by atoms with van der Waals surface area (Å²) in [7, 11) is 0. The number of nitrogens with one attached hydrogen (secondary N) is 2. The van der Waals surface area contributed by atoms with Crippen LogP contribution in [0.5, 0.6) is 0 Å². The number of nitrogens with two attached hydrogens (primary N) is 1. The molecule has 1 aromatic heterocycles. The molecule has 1 unspecified atom stereocenters. The van der Waals surface area contributed by atoms with Gasteiger partial charge in [0.25, 0.3) is 5.91 Å². The molecule has 0 saturated heterocycles. The first kappa shape index (κ1) is 12.8. The molecule has 1 aromatic rings. The summed E-state index contributed by atoms with van der Waals surface area (Å²) in [4.78, 5) is 25.7. The van der Waals surface area contributed by atoms with Crippen molar-refractivity contribution >= 4 is 5.91 Å². The number of carbonyl (C=O) groups excluding carboxylic acids is 1. The van der Waals surface area contributed by atoms with E-state index in [9.17, 15) is 9.59 Å². The molecule has 1 aliphatic carbocycles. The number of rotatable bonds is 4. The molecule has 0 spiro atoms. The van der Waals surface area contributed by atoms with Gasteiger partial charge >= 0.3 is 0 Å². The number of H-pyrrole nitrogens is 1. The van der Waals surface area contributed by atoms with Gasteiger partial charge in [-0.1, -0.05) is 18.9 Å². The molecule has 1 aliphatic rings. The molecule has 0 bridgehead atoms. The van der Waals surface area contributed by atoms with Gasteiger partial charge in [-0.2, -0.15) is 0 Å². The molecule has 2 rings (SSSR count). The molecule has 5 heteroatoms. The van der Waals surface area contributed by atoms with Gasteiger partial charge in [0.2, 0.25) is 5.56 Å². The standard InChI is InChI=1S/C13H19N3O2/c14-8-11(9-4-1-2-5-9)16-13(18)10-6-3-7-12(17)15-10/h3,6-7,9,11H,1-2,4-5,8,14H2,(H,15,17)(H,16,18). The molecular weight excluding hydrogens is 230 g/mol. The average molecular weight is 249 g/mol. The van der Waals surface area contributed by atoms with Crippen LogP contribution in [-0.2, 0) is 0 Å². The summed E-state index contributed by atoms with van der Waals surface area (Å²) < 4.78 is 0. The van der Waals surface area contributed by atoms with Crippen molar-refractivity contribution in [1.29, 1.82) is 0 Å². The van der Waals surface area contributed by atoms with Gasteiger partial charge in [0, 0.05) is 18.7 Å². The molecular formula is C13H19N3O2. The maximum atomic E-state index is 12.0. The van der Waals surface area contributed by atoms with Gasteiger partial charge in [0.05, 0.1) is 0 Å². The van der Waals surface area contributed by atoms with Gasteiger partial charge in [-0.15, -0.1) is 0 Å². The maximum Gasteiger partial charge on any atom is 0.268 e. The molecule has 1 amide bonds. The van der Waals surface area contributed by atoms with Crippen LogP contribution in [0.25, 0.3) is 0 Å². The van der Waals surface area contributed by atoms with E-state index in [0.29, 0.717) is 18.2 Å². The Balaban J connectivity index is 2.03. The van der Waals surface area contributed by atoms with Crippen molar-refractivity contribution in [1.82, 2.24) is 10.3 Å². The first-order valence-corrected chi connectivity index (χ1v) is 6.41. The van der Waals surface area contributed by atoms with Crippen LogP contribution < -0.4 is 16.6 Å². The Hall–Kier alpha value is -1.62. The van der Waals surface area contributed by atoms with E-state index in [1.807, 2.05) is 0 Å². The van der Waals surface area contributed by atoms with Gasteiger partial charge < -0.3 is 16.0 Å². The highest BCUT2D eigenvalue weighted by molar-refractivity contribution is 5.92. The predicted octanol–water partition coefficient (Wildman–Crippen LogP) is 0.622. The van der Waals surface area contributed by atoms with Crippen LogP contribution in [0.3, 0.4) is 0 Å². The minimum atomic E-state index is -0.271. The van der Waals surface area contributed by atoms with Crippen molar-refractivity contribution < 1.29 is 4.79 Å². The van der Waals surface area contributed by atoms with Crippen LogP contribution in [0.4, 0.5) is 0 Å². The highest BCUT2D eigenvalue weighted by atomic mass is 16.2. The summed E-state index contributed by atoms with van der Waals surface area (Å²) in [5.41, 5.74) is 5.74. The Morgan fingerprint density at radius 2 is 2.17 bits per heavy atom. The predicted molar refractivity (Wildman–Crippen MR) is 69.3 cm³/mol. The Morgan fingerprint density at radius 1 is 1.44 bits per heavy atom. The topological polar surface area (TPSA) is 88.0 Å². The molecule has 1 saturated carbocycles. The summed E-state index contributed by atoms with van der Waals surface area (Å²) in [5, 5.41) is 2.92. The zero-order valence-corrected chi connectivity index (χ0v) is 10.3. The van der Waals surface area contributed by atoms with Crippen LogP contribution in [0.1, 0.15) is 36.2 Å². The van der Waals surface area contributed by atoms with Gasteiger partial charge in [0.1, 0.15) is 5.69 Å². The van der Waals surface area contributed by atoms with E-state index < -0.39 is 0 Å². The number of pyridine rings is 1. The van der Waals surface area contributed by atoms with E-state index in [4.69, 9.17) is 5.73 Å². The first-order chi connectivity index (χ1) is 8.70. The van der Waals surface area contributed by atoms with Crippen LogP contribution in [-0.4, -0.2) is 23.5 Å². The summed E-state index contributed by atoms with van der Waals surface area (Å²) >= 11 is 0. The van der Waals surface area contributed by atoms with Crippen LogP contribution in [0.15, 0.2) is 23.0 Å². The van der Waals surface area contributed by atoms with Crippen molar-refractivity contribution in [2.75, 3.05) is 6.54 Å². The highest BCUT2D eigenvalue weighted by Crippen LogP contribution is 2.27. The summed E-state index contributed by atoms with van der Waals surface area (Å²) in [6.45, 7) is 0.438. The van der Waals surface area contributed by atoms with Crippen molar-refractivity contribution in [3.63, 3.8) is 0 Å². The van der Waals surface area contributed by atoms with Gasteiger partial charge in [-0.25, -0.2) is 0 Å². The Kier molecular flexibility index (Phi) is 4.15. The highest BCUT2D eigenvalue weighted by Gasteiger charge is 2.25. The summed E-state index contributed by atoms with van der Waals surface area (Å²) in [6, 6.07) is 4.55. The van der Waals surface area contributed by atoms with E-state index in [-0.39, 0.29) is 17.5 Å². The van der Waals surface area contributed by atoms with E-state index in [2.05, 4.69) is 10.3 Å². The average Bonchev–Trinajstić information content (AvgIpc) is 2.89. The lowest BCUT2D eigenvalue weighted by molar-refractivity contribution is 0.0919. The molecule has 5 nitrogen and oxygen atoms in total. The second kappa shape index (κ2) is 5.82. The first-order valence-electron chi connectivity index (χ1n) is 6.41. The second-order valence-corrected chi connectivity index (χ2v) is 4.79. The van der Waals surface area contributed by atoms with Crippen LogP contribution in [0.2, 0.25) is 0 Å². The van der Waals surface area contributed by atoms with Crippen molar-refractivity contribution in [3.05, 3.63) is 34.2 Å². The quantitative estimate of drug-likeness (QED) is 0.731. The fraction of sp³-hybridized carbons (Fsp3) is 0.538. The Labute approximate surface area is 106 Å². The zero-order chi connectivity index (χ0) is 13.0. The third-order valence-electron chi connectivity index (χ3n) is 3.55. The fourth-order valence-electron chi connectivity index (χ4n) is 2.56. The number of aromatic amines is 1. The minimum absolute atomic E-state index is 0.00343. The zero-order valence-electron chi connectivity index (χ0n) is 10.3. The summed E-state index contributed by atoms with van der Waals surface area (Å²) in [5.74, 6) is 0.212. The lowest BCUT2D eigenvalue weighted by Gasteiger charge is -2.22.